The highest BCUT2D eigenvalue weighted by molar-refractivity contribution is 7.18. The van der Waals surface area contributed by atoms with Crippen LogP contribution in [0, 0.1) is 20.8 Å². The zero-order valence-corrected chi connectivity index (χ0v) is 14.6. The van der Waals surface area contributed by atoms with Gasteiger partial charge in [0, 0.05) is 11.3 Å². The Bertz CT molecular complexity index is 888. The molecule has 5 nitrogen and oxygen atoms in total. The summed E-state index contributed by atoms with van der Waals surface area (Å²) in [5.41, 5.74) is 5.21. The van der Waals surface area contributed by atoms with E-state index in [9.17, 15) is 4.79 Å². The van der Waals surface area contributed by atoms with Gasteiger partial charge in [-0.3, -0.25) is 5.32 Å². The number of hydrogen-bond acceptors (Lipinski definition) is 4. The average molecular weight is 338 g/mol. The van der Waals surface area contributed by atoms with Crippen LogP contribution in [0.2, 0.25) is 0 Å². The van der Waals surface area contributed by atoms with Crippen LogP contribution in [0.5, 0.6) is 0 Å². The van der Waals surface area contributed by atoms with Crippen molar-refractivity contribution in [3.05, 3.63) is 59.2 Å². The molecule has 6 heteroatoms. The molecule has 24 heavy (non-hydrogen) atoms. The third-order valence-corrected chi connectivity index (χ3v) is 4.68. The Kier molecular flexibility index (Phi) is 4.57. The molecule has 0 saturated heterocycles. The quantitative estimate of drug-likeness (QED) is 0.722. The van der Waals surface area contributed by atoms with Crippen LogP contribution < -0.4 is 10.6 Å². The molecule has 1 heterocycles. The number of aromatic nitrogens is 2. The molecule has 0 aliphatic carbocycles. The number of para-hydroxylation sites is 1. The summed E-state index contributed by atoms with van der Waals surface area (Å²) in [5.74, 6) is 0. The first kappa shape index (κ1) is 16.1. The highest BCUT2D eigenvalue weighted by Gasteiger charge is 2.11. The molecule has 2 aromatic carbocycles. The van der Waals surface area contributed by atoms with Crippen molar-refractivity contribution in [3.63, 3.8) is 0 Å². The summed E-state index contributed by atoms with van der Waals surface area (Å²) in [7, 11) is 0. The molecule has 0 spiro atoms. The van der Waals surface area contributed by atoms with Crippen LogP contribution >= 0.6 is 11.3 Å². The Morgan fingerprint density at radius 1 is 0.917 bits per heavy atom. The SMILES string of the molecule is Cc1ccc(-c2nnc(NC(=O)Nc3ccccc3C)s2)cc1C. The fraction of sp³-hybridized carbons (Fsp3) is 0.167. The van der Waals surface area contributed by atoms with Crippen molar-refractivity contribution in [1.82, 2.24) is 10.2 Å². The smallest absolute Gasteiger partial charge is 0.307 e. The van der Waals surface area contributed by atoms with E-state index in [-0.39, 0.29) is 6.03 Å². The summed E-state index contributed by atoms with van der Waals surface area (Å²) in [6.07, 6.45) is 0. The minimum absolute atomic E-state index is 0.327. The van der Waals surface area contributed by atoms with Gasteiger partial charge in [-0.05, 0) is 49.6 Å². The first-order chi connectivity index (χ1) is 11.5. The Labute approximate surface area is 144 Å². The molecule has 3 rings (SSSR count). The summed E-state index contributed by atoms with van der Waals surface area (Å²) in [4.78, 5) is 12.1. The van der Waals surface area contributed by atoms with E-state index >= 15 is 0 Å². The maximum absolute atomic E-state index is 12.1. The summed E-state index contributed by atoms with van der Waals surface area (Å²) in [6, 6.07) is 13.4. The molecule has 2 amide bonds. The van der Waals surface area contributed by atoms with E-state index in [1.807, 2.05) is 37.3 Å². The zero-order chi connectivity index (χ0) is 17.1. The standard InChI is InChI=1S/C18H18N4OS/c1-11-8-9-14(10-13(11)3)16-21-22-18(24-16)20-17(23)19-15-7-5-4-6-12(15)2/h4-10H,1-3H3,(H2,19,20,22,23). The first-order valence-corrected chi connectivity index (χ1v) is 8.39. The van der Waals surface area contributed by atoms with E-state index in [1.54, 1.807) is 0 Å². The number of carbonyl (C=O) groups excluding carboxylic acids is 1. The second-order valence-corrected chi connectivity index (χ2v) is 6.58. The van der Waals surface area contributed by atoms with E-state index in [0.717, 1.165) is 21.8 Å². The molecule has 0 aliphatic rings. The van der Waals surface area contributed by atoms with Gasteiger partial charge in [-0.1, -0.05) is 41.7 Å². The highest BCUT2D eigenvalue weighted by Crippen LogP contribution is 2.27. The topological polar surface area (TPSA) is 66.9 Å². The van der Waals surface area contributed by atoms with Gasteiger partial charge in [-0.2, -0.15) is 0 Å². The number of carbonyl (C=O) groups is 1. The van der Waals surface area contributed by atoms with Crippen molar-refractivity contribution in [1.29, 1.82) is 0 Å². The Morgan fingerprint density at radius 3 is 2.46 bits per heavy atom. The number of nitrogens with one attached hydrogen (secondary N) is 2. The van der Waals surface area contributed by atoms with Crippen LogP contribution in [0.25, 0.3) is 10.6 Å². The number of anilines is 2. The Balaban J connectivity index is 1.70. The number of benzene rings is 2. The number of aryl methyl sites for hydroxylation is 3. The van der Waals surface area contributed by atoms with Gasteiger partial charge in [0.25, 0.3) is 0 Å². The molecule has 122 valence electrons. The lowest BCUT2D eigenvalue weighted by Gasteiger charge is -2.07. The van der Waals surface area contributed by atoms with Crippen molar-refractivity contribution in [2.75, 3.05) is 10.6 Å². The molecule has 0 fully saturated rings. The Morgan fingerprint density at radius 2 is 1.71 bits per heavy atom. The Hall–Kier alpha value is -2.73. The second-order valence-electron chi connectivity index (χ2n) is 5.61. The lowest BCUT2D eigenvalue weighted by molar-refractivity contribution is 0.262. The number of rotatable bonds is 3. The van der Waals surface area contributed by atoms with Gasteiger partial charge >= 0.3 is 6.03 Å². The van der Waals surface area contributed by atoms with Crippen molar-refractivity contribution in [2.45, 2.75) is 20.8 Å². The number of amides is 2. The average Bonchev–Trinajstić information content (AvgIpc) is 3.00. The highest BCUT2D eigenvalue weighted by atomic mass is 32.1. The monoisotopic (exact) mass is 338 g/mol. The van der Waals surface area contributed by atoms with Crippen molar-refractivity contribution < 1.29 is 4.79 Å². The summed E-state index contributed by atoms with van der Waals surface area (Å²) < 4.78 is 0. The third-order valence-electron chi connectivity index (χ3n) is 3.79. The molecule has 1 aromatic heterocycles. The molecule has 3 aromatic rings. The van der Waals surface area contributed by atoms with Crippen LogP contribution in [-0.2, 0) is 0 Å². The molecule has 0 saturated carbocycles. The fourth-order valence-electron chi connectivity index (χ4n) is 2.23. The minimum atomic E-state index is -0.327. The van der Waals surface area contributed by atoms with Crippen molar-refractivity contribution >= 4 is 28.2 Å². The maximum atomic E-state index is 12.1. The fourth-order valence-corrected chi connectivity index (χ4v) is 2.96. The van der Waals surface area contributed by atoms with Crippen LogP contribution in [0.1, 0.15) is 16.7 Å². The van der Waals surface area contributed by atoms with E-state index in [0.29, 0.717) is 5.13 Å². The lowest BCUT2D eigenvalue weighted by atomic mass is 10.1. The molecule has 0 unspecified atom stereocenters. The normalized spacial score (nSPS) is 10.5. The van der Waals surface area contributed by atoms with Gasteiger partial charge in [0.15, 0.2) is 0 Å². The lowest BCUT2D eigenvalue weighted by Crippen LogP contribution is -2.19. The summed E-state index contributed by atoms with van der Waals surface area (Å²) >= 11 is 1.35. The molecular formula is C18H18N4OS. The second kappa shape index (κ2) is 6.80. The zero-order valence-electron chi connectivity index (χ0n) is 13.8. The van der Waals surface area contributed by atoms with Crippen LogP contribution in [-0.4, -0.2) is 16.2 Å². The van der Waals surface area contributed by atoms with Crippen molar-refractivity contribution in [3.8, 4) is 10.6 Å². The molecule has 0 aliphatic heterocycles. The number of hydrogen-bond donors (Lipinski definition) is 2. The largest absolute Gasteiger partial charge is 0.325 e. The van der Waals surface area contributed by atoms with Crippen LogP contribution in [0.15, 0.2) is 42.5 Å². The molecule has 0 bridgehead atoms. The minimum Gasteiger partial charge on any atom is -0.307 e. The van der Waals surface area contributed by atoms with Crippen molar-refractivity contribution in [2.24, 2.45) is 0 Å². The van der Waals surface area contributed by atoms with Gasteiger partial charge in [0.05, 0.1) is 0 Å². The van der Waals surface area contributed by atoms with Gasteiger partial charge in [0.2, 0.25) is 5.13 Å². The number of urea groups is 1. The number of nitrogens with zero attached hydrogens (tertiary/aromatic N) is 2. The van der Waals surface area contributed by atoms with E-state index in [1.165, 1.54) is 22.5 Å². The first-order valence-electron chi connectivity index (χ1n) is 7.57. The van der Waals surface area contributed by atoms with Crippen LogP contribution in [0.3, 0.4) is 0 Å². The summed E-state index contributed by atoms with van der Waals surface area (Å²) in [5, 5.41) is 15.0. The van der Waals surface area contributed by atoms with E-state index < -0.39 is 0 Å². The van der Waals surface area contributed by atoms with Gasteiger partial charge < -0.3 is 5.32 Å². The summed E-state index contributed by atoms with van der Waals surface area (Å²) in [6.45, 7) is 6.08. The molecule has 2 N–H and O–H groups in total. The molecule has 0 atom stereocenters. The predicted octanol–water partition coefficient (Wildman–Crippen LogP) is 4.77. The third kappa shape index (κ3) is 3.60. The maximum Gasteiger partial charge on any atom is 0.325 e. The molecular weight excluding hydrogens is 320 g/mol. The van der Waals surface area contributed by atoms with Gasteiger partial charge in [-0.15, -0.1) is 10.2 Å². The predicted molar refractivity (Wildman–Crippen MR) is 98.6 cm³/mol. The molecule has 0 radical (unpaired) electrons. The van der Waals surface area contributed by atoms with E-state index in [2.05, 4.69) is 46.8 Å². The van der Waals surface area contributed by atoms with Crippen LogP contribution in [0.4, 0.5) is 15.6 Å². The van der Waals surface area contributed by atoms with Gasteiger partial charge in [0.1, 0.15) is 5.01 Å². The van der Waals surface area contributed by atoms with E-state index in [4.69, 9.17) is 0 Å². The van der Waals surface area contributed by atoms with Gasteiger partial charge in [-0.25, -0.2) is 4.79 Å².